The quantitative estimate of drug-likeness (QED) is 0.243. The van der Waals surface area contributed by atoms with Gasteiger partial charge < -0.3 is 8.92 Å². The summed E-state index contributed by atoms with van der Waals surface area (Å²) in [5, 5.41) is 0.783. The Hall–Kier alpha value is -3.63. The molecule has 1 heterocycles. The summed E-state index contributed by atoms with van der Waals surface area (Å²) in [6.07, 6.45) is 1.03. The van der Waals surface area contributed by atoms with E-state index in [2.05, 4.69) is 0 Å². The maximum atomic E-state index is 13.0. The summed E-state index contributed by atoms with van der Waals surface area (Å²) >= 11 is 0.656. The van der Waals surface area contributed by atoms with Gasteiger partial charge in [0.25, 0.3) is 11.1 Å². The molecule has 1 fully saturated rings. The van der Waals surface area contributed by atoms with Crippen LogP contribution < -0.4 is 4.18 Å². The van der Waals surface area contributed by atoms with Crippen LogP contribution in [0.4, 0.5) is 4.79 Å². The topological polar surface area (TPSA) is 107 Å². The summed E-state index contributed by atoms with van der Waals surface area (Å²) in [5.74, 6) is -1.38. The Morgan fingerprint density at radius 1 is 1.03 bits per heavy atom. The number of fused-ring (bicyclic) bond motifs is 1. The predicted octanol–water partition coefficient (Wildman–Crippen LogP) is 4.90. The maximum absolute atomic E-state index is 13.0. The number of thioether (sulfide) groups is 1. The van der Waals surface area contributed by atoms with E-state index in [1.165, 1.54) is 24.3 Å². The Morgan fingerprint density at radius 2 is 1.72 bits per heavy atom. The molecule has 1 aliphatic heterocycles. The van der Waals surface area contributed by atoms with Gasteiger partial charge in [0.05, 0.1) is 11.0 Å². The van der Waals surface area contributed by atoms with Crippen LogP contribution in [0, 0.1) is 6.92 Å². The molecule has 0 saturated carbocycles. The zero-order chi connectivity index (χ0) is 26.0. The third kappa shape index (κ3) is 5.44. The van der Waals surface area contributed by atoms with Crippen molar-refractivity contribution in [2.24, 2.45) is 0 Å². The minimum Gasteiger partial charge on any atom is -0.462 e. The normalized spacial score (nSPS) is 15.2. The highest BCUT2D eigenvalue weighted by molar-refractivity contribution is 8.18. The Kier molecular flexibility index (Phi) is 7.18. The van der Waals surface area contributed by atoms with Crippen LogP contribution in [0.25, 0.3) is 16.8 Å². The first kappa shape index (κ1) is 25.5. The van der Waals surface area contributed by atoms with Crippen molar-refractivity contribution in [3.63, 3.8) is 0 Å². The first-order chi connectivity index (χ1) is 17.0. The molecule has 186 valence electrons. The Morgan fingerprint density at radius 3 is 2.42 bits per heavy atom. The van der Waals surface area contributed by atoms with Crippen molar-refractivity contribution in [3.05, 3.63) is 76.7 Å². The highest BCUT2D eigenvalue weighted by Gasteiger charge is 2.37. The third-order valence-corrected chi connectivity index (χ3v) is 7.40. The van der Waals surface area contributed by atoms with Crippen molar-refractivity contribution >= 4 is 55.8 Å². The van der Waals surface area contributed by atoms with Crippen molar-refractivity contribution in [1.82, 2.24) is 4.90 Å². The molecule has 0 unspecified atom stereocenters. The van der Waals surface area contributed by atoms with Gasteiger partial charge in [0.1, 0.15) is 11.4 Å². The lowest BCUT2D eigenvalue weighted by atomic mass is 10.0. The maximum Gasteiger partial charge on any atom is 0.339 e. The third-order valence-electron chi connectivity index (χ3n) is 5.24. The molecule has 8 nitrogen and oxygen atoms in total. The fraction of sp³-hybridized carbons (Fsp3) is 0.192. The smallest absolute Gasteiger partial charge is 0.339 e. The molecule has 0 N–H and O–H groups in total. The molecule has 0 aromatic heterocycles. The lowest BCUT2D eigenvalue weighted by molar-refractivity contribution is -0.149. The monoisotopic (exact) mass is 525 g/mol. The van der Waals surface area contributed by atoms with Gasteiger partial charge in [0, 0.05) is 5.56 Å². The second kappa shape index (κ2) is 10.2. The van der Waals surface area contributed by atoms with E-state index in [1.54, 1.807) is 44.2 Å². The Bertz CT molecular complexity index is 1490. The number of carbonyl (C=O) groups is 3. The van der Waals surface area contributed by atoms with E-state index in [1.807, 2.05) is 19.1 Å². The average Bonchev–Trinajstić information content (AvgIpc) is 3.07. The van der Waals surface area contributed by atoms with Gasteiger partial charge in [-0.2, -0.15) is 8.42 Å². The van der Waals surface area contributed by atoms with Crippen molar-refractivity contribution in [3.8, 4) is 5.75 Å². The van der Waals surface area contributed by atoms with E-state index in [4.69, 9.17) is 8.92 Å². The Labute approximate surface area is 213 Å². The molecule has 1 saturated heterocycles. The number of nitrogens with zero attached hydrogens (tertiary/aromatic N) is 1. The van der Waals surface area contributed by atoms with Gasteiger partial charge in [-0.05, 0) is 67.6 Å². The van der Waals surface area contributed by atoms with Crippen molar-refractivity contribution < 1.29 is 31.7 Å². The largest absolute Gasteiger partial charge is 0.462 e. The SMILES string of the molecule is Cc1ccc(S(=O)(=O)Oc2ccc3ccccc3c2/C=C2\SC(=O)N(CC(=O)OC(C)C)C2=O)cc1. The van der Waals surface area contributed by atoms with Gasteiger partial charge in [-0.25, -0.2) is 0 Å². The molecule has 36 heavy (non-hydrogen) atoms. The molecular formula is C26H23NO7S2. The molecule has 0 radical (unpaired) electrons. The van der Waals surface area contributed by atoms with Gasteiger partial charge in [-0.3, -0.25) is 19.3 Å². The number of esters is 1. The number of rotatable bonds is 7. The number of benzene rings is 3. The molecule has 3 aromatic carbocycles. The van der Waals surface area contributed by atoms with Crippen molar-refractivity contribution in [2.45, 2.75) is 31.8 Å². The number of ether oxygens (including phenoxy) is 1. The molecule has 0 aliphatic carbocycles. The molecule has 4 rings (SSSR count). The van der Waals surface area contributed by atoms with Gasteiger partial charge in [0.2, 0.25) is 0 Å². The number of hydrogen-bond donors (Lipinski definition) is 0. The molecule has 0 bridgehead atoms. The summed E-state index contributed by atoms with van der Waals surface area (Å²) in [6, 6.07) is 16.6. The van der Waals surface area contributed by atoms with E-state index >= 15 is 0 Å². The highest BCUT2D eigenvalue weighted by Crippen LogP contribution is 2.37. The molecule has 1 aliphatic rings. The fourth-order valence-electron chi connectivity index (χ4n) is 3.57. The zero-order valence-electron chi connectivity index (χ0n) is 19.8. The summed E-state index contributed by atoms with van der Waals surface area (Å²) in [4.78, 5) is 38.3. The first-order valence-electron chi connectivity index (χ1n) is 11.0. The van der Waals surface area contributed by atoms with Crippen LogP contribution in [0.2, 0.25) is 0 Å². The summed E-state index contributed by atoms with van der Waals surface area (Å²) in [6.45, 7) is 4.66. The average molecular weight is 526 g/mol. The van der Waals surface area contributed by atoms with Gasteiger partial charge in [-0.1, -0.05) is 48.0 Å². The van der Waals surface area contributed by atoms with Crippen molar-refractivity contribution in [1.29, 1.82) is 0 Å². The number of hydrogen-bond acceptors (Lipinski definition) is 8. The van der Waals surface area contributed by atoms with E-state index in [9.17, 15) is 22.8 Å². The second-order valence-corrected chi connectivity index (χ2v) is 10.9. The van der Waals surface area contributed by atoms with E-state index in [-0.39, 0.29) is 21.7 Å². The second-order valence-electron chi connectivity index (χ2n) is 8.36. The fourth-order valence-corrected chi connectivity index (χ4v) is 5.33. The van der Waals surface area contributed by atoms with Gasteiger partial charge in [-0.15, -0.1) is 0 Å². The highest BCUT2D eigenvalue weighted by atomic mass is 32.2. The van der Waals surface area contributed by atoms with Crippen LogP contribution in [-0.4, -0.2) is 43.1 Å². The predicted molar refractivity (Wildman–Crippen MR) is 137 cm³/mol. The lowest BCUT2D eigenvalue weighted by Crippen LogP contribution is -2.35. The summed E-state index contributed by atoms with van der Waals surface area (Å²) in [5.41, 5.74) is 1.22. The van der Waals surface area contributed by atoms with Crippen LogP contribution in [0.3, 0.4) is 0 Å². The number of aryl methyl sites for hydroxylation is 1. The minimum atomic E-state index is -4.18. The first-order valence-corrected chi connectivity index (χ1v) is 13.3. The van der Waals surface area contributed by atoms with E-state index < -0.39 is 33.8 Å². The molecule has 0 atom stereocenters. The van der Waals surface area contributed by atoms with E-state index in [0.717, 1.165) is 15.8 Å². The summed E-state index contributed by atoms with van der Waals surface area (Å²) < 4.78 is 36.5. The number of imide groups is 1. The lowest BCUT2D eigenvalue weighted by Gasteiger charge is -2.14. The van der Waals surface area contributed by atoms with Gasteiger partial charge in [0.15, 0.2) is 5.75 Å². The standard InChI is InChI=1S/C26H23NO7S2/c1-16(2)33-24(28)15-27-25(29)23(35-26(27)30)14-21-20-7-5-4-6-18(20)10-13-22(21)34-36(31,32)19-11-8-17(3)9-12-19/h4-14,16H,15H2,1-3H3/b23-14-. The summed E-state index contributed by atoms with van der Waals surface area (Å²) in [7, 11) is -4.18. The van der Waals surface area contributed by atoms with Crippen molar-refractivity contribution in [2.75, 3.05) is 6.54 Å². The van der Waals surface area contributed by atoms with Crippen LogP contribution >= 0.6 is 11.8 Å². The van der Waals surface area contributed by atoms with E-state index in [0.29, 0.717) is 22.7 Å². The minimum absolute atomic E-state index is 0.000270. The molecule has 3 aromatic rings. The number of carbonyl (C=O) groups excluding carboxylic acids is 3. The van der Waals surface area contributed by atoms with Crippen LogP contribution in [0.5, 0.6) is 5.75 Å². The Balaban J connectivity index is 1.73. The van der Waals surface area contributed by atoms with Crippen LogP contribution in [0.15, 0.2) is 70.5 Å². The molecular weight excluding hydrogens is 502 g/mol. The zero-order valence-corrected chi connectivity index (χ0v) is 21.4. The molecule has 2 amide bonds. The molecule has 0 spiro atoms. The van der Waals surface area contributed by atoms with Crippen LogP contribution in [-0.2, 0) is 24.4 Å². The molecule has 10 heteroatoms. The van der Waals surface area contributed by atoms with Gasteiger partial charge >= 0.3 is 16.1 Å². The number of amides is 2. The van der Waals surface area contributed by atoms with Crippen LogP contribution in [0.1, 0.15) is 25.0 Å².